The first-order valence-electron chi connectivity index (χ1n) is 6.53. The maximum absolute atomic E-state index is 13.3. The van der Waals surface area contributed by atoms with Gasteiger partial charge in [0.1, 0.15) is 0 Å². The van der Waals surface area contributed by atoms with E-state index < -0.39 is 66.6 Å². The summed E-state index contributed by atoms with van der Waals surface area (Å²) in [4.78, 5) is 0. The van der Waals surface area contributed by atoms with Gasteiger partial charge in [0.15, 0.2) is 6.61 Å². The number of allylic oxidation sites excluding steroid dienone is 2. The van der Waals surface area contributed by atoms with Crippen molar-refractivity contribution in [2.24, 2.45) is 0 Å². The Bertz CT molecular complexity index is 665. The molecule has 0 saturated carbocycles. The van der Waals surface area contributed by atoms with Crippen LogP contribution in [0.3, 0.4) is 0 Å². The molecule has 0 bridgehead atoms. The standard InChI is InChI=1S/C11H3F19O/c12-2(3(7(19,20)21)31-1-5(15,16)4(13)14)6(17,18)8(22,23)9(24,25)10(26,27)11(28,29)30/h4H,1H2. The molecule has 0 aromatic rings. The minimum absolute atomic E-state index is 2.52. The predicted molar refractivity (Wildman–Crippen MR) is 56.9 cm³/mol. The summed E-state index contributed by atoms with van der Waals surface area (Å²) in [5, 5.41) is 0. The van der Waals surface area contributed by atoms with Gasteiger partial charge in [-0.1, -0.05) is 0 Å². The van der Waals surface area contributed by atoms with Crippen molar-refractivity contribution < 1.29 is 88.2 Å². The smallest absolute Gasteiger partial charge is 0.460 e. The molecule has 31 heavy (non-hydrogen) atoms. The fourth-order valence-electron chi connectivity index (χ4n) is 1.35. The monoisotopic (exact) mass is 512 g/mol. The second-order valence-electron chi connectivity index (χ2n) is 5.29. The number of ether oxygens (including phenoxy) is 1. The van der Waals surface area contributed by atoms with Gasteiger partial charge in [0.05, 0.1) is 0 Å². The highest BCUT2D eigenvalue weighted by Crippen LogP contribution is 2.59. The molecule has 20 heteroatoms. The van der Waals surface area contributed by atoms with Crippen LogP contribution in [0.25, 0.3) is 0 Å². The van der Waals surface area contributed by atoms with Gasteiger partial charge >= 0.3 is 48.4 Å². The van der Waals surface area contributed by atoms with Crippen LogP contribution in [0, 0.1) is 0 Å². The molecule has 0 aromatic heterocycles. The molecule has 0 aromatic carbocycles. The normalized spacial score (nSPS) is 16.5. The van der Waals surface area contributed by atoms with Gasteiger partial charge in [-0.05, 0) is 0 Å². The SMILES string of the molecule is FC(=C(OCC(F)(F)C(F)F)C(F)(F)F)C(F)(F)C(F)(F)C(F)(F)C(F)(F)C(F)(F)F. The molecule has 1 nitrogen and oxygen atoms in total. The Hall–Kier alpha value is -1.79. The van der Waals surface area contributed by atoms with Crippen molar-refractivity contribution in [3.63, 3.8) is 0 Å². The summed E-state index contributed by atoms with van der Waals surface area (Å²) in [5.74, 6) is -47.8. The molecule has 0 saturated heterocycles. The van der Waals surface area contributed by atoms with E-state index in [0.717, 1.165) is 0 Å². The summed E-state index contributed by atoms with van der Waals surface area (Å²) in [7, 11) is 0. The second kappa shape index (κ2) is 7.96. The minimum Gasteiger partial charge on any atom is -0.480 e. The minimum atomic E-state index is -8.33. The van der Waals surface area contributed by atoms with Gasteiger partial charge in [-0.15, -0.1) is 0 Å². The van der Waals surface area contributed by atoms with Crippen molar-refractivity contribution >= 4 is 0 Å². The van der Waals surface area contributed by atoms with Crippen LogP contribution >= 0.6 is 0 Å². The third-order valence-electron chi connectivity index (χ3n) is 3.00. The van der Waals surface area contributed by atoms with Crippen molar-refractivity contribution in [2.75, 3.05) is 6.61 Å². The molecule has 0 aliphatic carbocycles. The molecule has 0 amide bonds. The Morgan fingerprint density at radius 3 is 1.29 bits per heavy atom. The Labute approximate surface area is 156 Å². The summed E-state index contributed by atoms with van der Waals surface area (Å²) in [6.07, 6.45) is -19.6. The Balaban J connectivity index is 6.64. The average molecular weight is 512 g/mol. The van der Waals surface area contributed by atoms with Gasteiger partial charge in [0, 0.05) is 0 Å². The number of hydrogen-bond donors (Lipinski definition) is 0. The fourth-order valence-corrected chi connectivity index (χ4v) is 1.35. The highest BCUT2D eigenvalue weighted by molar-refractivity contribution is 5.22. The molecule has 0 unspecified atom stereocenters. The first-order valence-corrected chi connectivity index (χ1v) is 6.53. The number of rotatable bonds is 8. The molecular formula is C11H3F19O. The number of halogens is 19. The van der Waals surface area contributed by atoms with Gasteiger partial charge in [0.2, 0.25) is 11.6 Å². The van der Waals surface area contributed by atoms with Crippen LogP contribution in [0.15, 0.2) is 11.6 Å². The van der Waals surface area contributed by atoms with E-state index in [1.165, 1.54) is 0 Å². The van der Waals surface area contributed by atoms with Gasteiger partial charge in [-0.3, -0.25) is 0 Å². The third kappa shape index (κ3) is 5.01. The Morgan fingerprint density at radius 1 is 0.613 bits per heavy atom. The molecule has 0 aliphatic rings. The quantitative estimate of drug-likeness (QED) is 0.259. The summed E-state index contributed by atoms with van der Waals surface area (Å²) < 4.78 is 241. The lowest BCUT2D eigenvalue weighted by atomic mass is 9.96. The topological polar surface area (TPSA) is 9.23 Å². The highest BCUT2D eigenvalue weighted by Gasteiger charge is 2.88. The summed E-state index contributed by atoms with van der Waals surface area (Å²) >= 11 is 0. The van der Waals surface area contributed by atoms with Crippen molar-refractivity contribution in [1.82, 2.24) is 0 Å². The zero-order valence-corrected chi connectivity index (χ0v) is 13.4. The van der Waals surface area contributed by atoms with Crippen molar-refractivity contribution in [3.05, 3.63) is 11.6 Å². The number of hydrogen-bond acceptors (Lipinski definition) is 1. The molecule has 0 spiro atoms. The average Bonchev–Trinajstić information content (AvgIpc) is 2.51. The van der Waals surface area contributed by atoms with E-state index in [-0.39, 0.29) is 0 Å². The molecule has 0 fully saturated rings. The van der Waals surface area contributed by atoms with Crippen LogP contribution in [0.2, 0.25) is 0 Å². The van der Waals surface area contributed by atoms with Crippen LogP contribution in [-0.4, -0.2) is 55.0 Å². The van der Waals surface area contributed by atoms with Crippen molar-refractivity contribution in [1.29, 1.82) is 0 Å². The first kappa shape index (κ1) is 29.2. The van der Waals surface area contributed by atoms with Gasteiger partial charge in [-0.25, -0.2) is 13.2 Å². The van der Waals surface area contributed by atoms with E-state index in [0.29, 0.717) is 0 Å². The van der Waals surface area contributed by atoms with E-state index in [1.807, 2.05) is 0 Å². The fraction of sp³-hybridized carbons (Fsp3) is 0.818. The molecule has 0 radical (unpaired) electrons. The van der Waals surface area contributed by atoms with E-state index >= 15 is 0 Å². The largest absolute Gasteiger partial charge is 0.480 e. The van der Waals surface area contributed by atoms with Crippen LogP contribution in [0.5, 0.6) is 0 Å². The maximum atomic E-state index is 13.3. The maximum Gasteiger partial charge on any atom is 0.460 e. The van der Waals surface area contributed by atoms with E-state index in [1.54, 1.807) is 0 Å². The summed E-state index contributed by atoms with van der Waals surface area (Å²) in [6.45, 7) is -3.39. The van der Waals surface area contributed by atoms with Crippen LogP contribution in [0.1, 0.15) is 0 Å². The molecule has 0 heterocycles. The van der Waals surface area contributed by atoms with Crippen molar-refractivity contribution in [2.45, 2.75) is 48.4 Å². The Morgan fingerprint density at radius 2 is 1.00 bits per heavy atom. The molecule has 0 atom stereocenters. The molecule has 0 N–H and O–H groups in total. The molecule has 0 rings (SSSR count). The summed E-state index contributed by atoms with van der Waals surface area (Å²) in [5.41, 5.74) is 0. The van der Waals surface area contributed by atoms with Crippen molar-refractivity contribution in [3.8, 4) is 0 Å². The lowest BCUT2D eigenvalue weighted by Gasteiger charge is -2.37. The van der Waals surface area contributed by atoms with Crippen LogP contribution < -0.4 is 0 Å². The lowest BCUT2D eigenvalue weighted by Crippen LogP contribution is -2.66. The highest BCUT2D eigenvalue weighted by atomic mass is 19.4. The van der Waals surface area contributed by atoms with Gasteiger partial charge in [0.25, 0.3) is 0 Å². The summed E-state index contributed by atoms with van der Waals surface area (Å²) in [6, 6.07) is 0. The zero-order valence-electron chi connectivity index (χ0n) is 13.4. The van der Waals surface area contributed by atoms with E-state index in [2.05, 4.69) is 4.74 Å². The number of alkyl halides is 18. The Kier molecular flexibility index (Phi) is 7.50. The molecule has 186 valence electrons. The second-order valence-corrected chi connectivity index (χ2v) is 5.29. The van der Waals surface area contributed by atoms with Crippen LogP contribution in [-0.2, 0) is 4.74 Å². The predicted octanol–water partition coefficient (Wildman–Crippen LogP) is 6.75. The molecule has 0 aliphatic heterocycles. The van der Waals surface area contributed by atoms with E-state index in [4.69, 9.17) is 0 Å². The lowest BCUT2D eigenvalue weighted by molar-refractivity contribution is -0.419. The molecular weight excluding hydrogens is 509 g/mol. The third-order valence-corrected chi connectivity index (χ3v) is 3.00. The van der Waals surface area contributed by atoms with E-state index in [9.17, 15) is 83.4 Å². The van der Waals surface area contributed by atoms with Crippen LogP contribution in [0.4, 0.5) is 83.4 Å². The van der Waals surface area contributed by atoms with Gasteiger partial charge < -0.3 is 4.74 Å². The first-order chi connectivity index (χ1) is 13.2. The zero-order chi connectivity index (χ0) is 25.6. The van der Waals surface area contributed by atoms with Gasteiger partial charge in [-0.2, -0.15) is 70.2 Å².